The largest absolute Gasteiger partial charge is 0.311 e. The Labute approximate surface area is 280 Å². The van der Waals surface area contributed by atoms with E-state index < -0.39 is 0 Å². The maximum absolute atomic E-state index is 5.18. The van der Waals surface area contributed by atoms with Gasteiger partial charge in [-0.25, -0.2) is 9.97 Å². The molecule has 0 amide bonds. The minimum atomic E-state index is 0.695. The fourth-order valence-electron chi connectivity index (χ4n) is 6.16. The molecule has 8 rings (SSSR count). The molecule has 4 nitrogen and oxygen atoms in total. The molecule has 228 valence electrons. The van der Waals surface area contributed by atoms with Crippen molar-refractivity contribution >= 4 is 45.0 Å². The molecule has 0 aliphatic heterocycles. The molecule has 0 bridgehead atoms. The molecule has 4 heteroatoms. The molecule has 0 saturated heterocycles. The monoisotopic (exact) mass is 616 g/mol. The number of fused-ring (bicyclic) bond motifs is 1. The Bertz CT molecular complexity index is 2180. The molecule has 0 spiro atoms. The van der Waals surface area contributed by atoms with Crippen LogP contribution < -0.4 is 9.80 Å². The van der Waals surface area contributed by atoms with E-state index in [0.29, 0.717) is 5.82 Å². The van der Waals surface area contributed by atoms with Crippen molar-refractivity contribution in [3.05, 3.63) is 194 Å². The van der Waals surface area contributed by atoms with Gasteiger partial charge in [0.25, 0.3) is 0 Å². The van der Waals surface area contributed by atoms with Gasteiger partial charge in [0.2, 0.25) is 0 Å². The highest BCUT2D eigenvalue weighted by Gasteiger charge is 2.16. The zero-order chi connectivity index (χ0) is 32.1. The Morgan fingerprint density at radius 3 is 1.08 bits per heavy atom. The van der Waals surface area contributed by atoms with Crippen LogP contribution in [0.15, 0.2) is 194 Å². The topological polar surface area (TPSA) is 32.3 Å². The lowest BCUT2D eigenvalue weighted by atomic mass is 10.0. The molecule has 0 radical (unpaired) electrons. The van der Waals surface area contributed by atoms with E-state index in [-0.39, 0.29) is 0 Å². The lowest BCUT2D eigenvalue weighted by molar-refractivity contribution is 1.22. The van der Waals surface area contributed by atoms with Gasteiger partial charge in [-0.3, -0.25) is 0 Å². The van der Waals surface area contributed by atoms with Gasteiger partial charge < -0.3 is 9.80 Å². The maximum atomic E-state index is 5.18. The summed E-state index contributed by atoms with van der Waals surface area (Å²) in [5, 5.41) is 1.02. The zero-order valence-corrected chi connectivity index (χ0v) is 26.3. The average molecular weight is 617 g/mol. The lowest BCUT2D eigenvalue weighted by Crippen LogP contribution is -2.09. The van der Waals surface area contributed by atoms with Gasteiger partial charge in [0.1, 0.15) is 0 Å². The fourth-order valence-corrected chi connectivity index (χ4v) is 6.16. The highest BCUT2D eigenvalue weighted by Crippen LogP contribution is 2.38. The van der Waals surface area contributed by atoms with Crippen LogP contribution in [0.4, 0.5) is 34.1 Å². The van der Waals surface area contributed by atoms with E-state index in [1.165, 1.54) is 0 Å². The minimum Gasteiger partial charge on any atom is -0.311 e. The second-order valence-corrected chi connectivity index (χ2v) is 11.5. The van der Waals surface area contributed by atoms with Crippen LogP contribution in [0.3, 0.4) is 0 Å². The molecule has 0 aliphatic rings. The van der Waals surface area contributed by atoms with Crippen LogP contribution in [0.5, 0.6) is 0 Å². The summed E-state index contributed by atoms with van der Waals surface area (Å²) in [5.74, 6) is 0.695. The molecule has 0 unspecified atom stereocenters. The van der Waals surface area contributed by atoms with Crippen molar-refractivity contribution in [2.45, 2.75) is 0 Å². The first-order chi connectivity index (χ1) is 23.8. The quantitative estimate of drug-likeness (QED) is 0.170. The van der Waals surface area contributed by atoms with E-state index in [0.717, 1.165) is 61.8 Å². The Hall–Kier alpha value is -6.52. The SMILES string of the molecule is c1ccc(N(c2ccccc2)c2ccc(-c3nc(-c4ccc(N(c5ccccc5)c5ccccc5)cc4)c4ccccc4n3)cc2)cc1. The first-order valence-electron chi connectivity index (χ1n) is 16.1. The third-order valence-electron chi connectivity index (χ3n) is 8.44. The second-order valence-electron chi connectivity index (χ2n) is 11.5. The van der Waals surface area contributed by atoms with Gasteiger partial charge in [0.15, 0.2) is 5.82 Å². The van der Waals surface area contributed by atoms with Crippen LogP contribution in [0.1, 0.15) is 0 Å². The molecule has 48 heavy (non-hydrogen) atoms. The minimum absolute atomic E-state index is 0.695. The molecule has 0 saturated carbocycles. The third-order valence-corrected chi connectivity index (χ3v) is 8.44. The van der Waals surface area contributed by atoms with Gasteiger partial charge in [0, 0.05) is 50.6 Å². The number of rotatable bonds is 8. The van der Waals surface area contributed by atoms with Crippen LogP contribution in [0.25, 0.3) is 33.5 Å². The third kappa shape index (κ3) is 5.79. The van der Waals surface area contributed by atoms with Crippen molar-refractivity contribution in [3.8, 4) is 22.6 Å². The molecule has 0 fully saturated rings. The summed E-state index contributed by atoms with van der Waals surface area (Å²) in [7, 11) is 0. The number of nitrogens with zero attached hydrogens (tertiary/aromatic N) is 4. The molecular weight excluding hydrogens is 585 g/mol. The van der Waals surface area contributed by atoms with Crippen LogP contribution in [0.2, 0.25) is 0 Å². The molecule has 8 aromatic rings. The normalized spacial score (nSPS) is 10.9. The molecule has 1 heterocycles. The Morgan fingerprint density at radius 1 is 0.292 bits per heavy atom. The van der Waals surface area contributed by atoms with E-state index in [2.05, 4.69) is 168 Å². The van der Waals surface area contributed by atoms with Gasteiger partial charge in [-0.1, -0.05) is 103 Å². The van der Waals surface area contributed by atoms with Crippen molar-refractivity contribution in [1.82, 2.24) is 9.97 Å². The number of anilines is 6. The van der Waals surface area contributed by atoms with Crippen molar-refractivity contribution < 1.29 is 0 Å². The van der Waals surface area contributed by atoms with Crippen molar-refractivity contribution in [2.24, 2.45) is 0 Å². The summed E-state index contributed by atoms with van der Waals surface area (Å²) in [6.45, 7) is 0. The highest BCUT2D eigenvalue weighted by atomic mass is 15.1. The number of hydrogen-bond acceptors (Lipinski definition) is 4. The van der Waals surface area contributed by atoms with Gasteiger partial charge in [0.05, 0.1) is 11.2 Å². The fraction of sp³-hybridized carbons (Fsp3) is 0. The van der Waals surface area contributed by atoms with Crippen LogP contribution in [-0.2, 0) is 0 Å². The summed E-state index contributed by atoms with van der Waals surface area (Å²) < 4.78 is 0. The zero-order valence-electron chi connectivity index (χ0n) is 26.3. The van der Waals surface area contributed by atoms with Crippen LogP contribution in [0, 0.1) is 0 Å². The number of aromatic nitrogens is 2. The Morgan fingerprint density at radius 2 is 0.646 bits per heavy atom. The molecule has 0 N–H and O–H groups in total. The number of para-hydroxylation sites is 5. The van der Waals surface area contributed by atoms with Gasteiger partial charge in [-0.15, -0.1) is 0 Å². The van der Waals surface area contributed by atoms with E-state index in [1.807, 2.05) is 36.4 Å². The molecule has 7 aromatic carbocycles. The molecule has 0 atom stereocenters. The van der Waals surface area contributed by atoms with Crippen molar-refractivity contribution in [1.29, 1.82) is 0 Å². The predicted molar refractivity (Wildman–Crippen MR) is 200 cm³/mol. The lowest BCUT2D eigenvalue weighted by Gasteiger charge is -2.25. The Kier molecular flexibility index (Phi) is 7.87. The van der Waals surface area contributed by atoms with Crippen LogP contribution >= 0.6 is 0 Å². The first-order valence-corrected chi connectivity index (χ1v) is 16.1. The molecular formula is C44H32N4. The standard InChI is InChI=1S/C44H32N4/c1-5-15-35(16-6-1)47(36-17-7-2-8-18-36)39-29-25-33(26-30-39)43-41-23-13-14-24-42(41)45-44(46-43)34-27-31-40(32-28-34)48(37-19-9-3-10-20-37)38-21-11-4-12-22-38/h1-32H. The predicted octanol–water partition coefficient (Wildman–Crippen LogP) is 11.9. The first kappa shape index (κ1) is 28.9. The van der Waals surface area contributed by atoms with E-state index in [9.17, 15) is 0 Å². The summed E-state index contributed by atoms with van der Waals surface area (Å²) in [4.78, 5) is 14.7. The maximum Gasteiger partial charge on any atom is 0.160 e. The van der Waals surface area contributed by atoms with Crippen molar-refractivity contribution in [3.63, 3.8) is 0 Å². The molecule has 1 aromatic heterocycles. The highest BCUT2D eigenvalue weighted by molar-refractivity contribution is 5.94. The smallest absolute Gasteiger partial charge is 0.160 e. The second kappa shape index (κ2) is 13.1. The van der Waals surface area contributed by atoms with E-state index in [4.69, 9.17) is 9.97 Å². The Balaban J connectivity index is 1.17. The van der Waals surface area contributed by atoms with E-state index >= 15 is 0 Å². The van der Waals surface area contributed by atoms with Gasteiger partial charge in [-0.05, 0) is 91.0 Å². The van der Waals surface area contributed by atoms with Crippen molar-refractivity contribution in [2.75, 3.05) is 9.80 Å². The number of benzene rings is 7. The van der Waals surface area contributed by atoms with Crippen LogP contribution in [-0.4, -0.2) is 9.97 Å². The molecule has 0 aliphatic carbocycles. The number of hydrogen-bond donors (Lipinski definition) is 0. The average Bonchev–Trinajstić information content (AvgIpc) is 3.17. The summed E-state index contributed by atoms with van der Waals surface area (Å²) in [5.41, 5.74) is 10.4. The summed E-state index contributed by atoms with van der Waals surface area (Å²) in [6, 6.07) is 67.2. The van der Waals surface area contributed by atoms with Gasteiger partial charge >= 0.3 is 0 Å². The summed E-state index contributed by atoms with van der Waals surface area (Å²) in [6.07, 6.45) is 0. The van der Waals surface area contributed by atoms with Gasteiger partial charge in [-0.2, -0.15) is 0 Å². The van der Waals surface area contributed by atoms with E-state index in [1.54, 1.807) is 0 Å². The summed E-state index contributed by atoms with van der Waals surface area (Å²) >= 11 is 0.